The third-order valence-electron chi connectivity index (χ3n) is 3.31. The van der Waals surface area contributed by atoms with Crippen molar-refractivity contribution in [2.24, 2.45) is 4.99 Å². The van der Waals surface area contributed by atoms with Crippen molar-refractivity contribution in [3.05, 3.63) is 18.0 Å². The second-order valence-electron chi connectivity index (χ2n) is 4.66. The summed E-state index contributed by atoms with van der Waals surface area (Å²) in [5.74, 6) is 0.827. The number of rotatable bonds is 3. The minimum atomic E-state index is -0.238. The van der Waals surface area contributed by atoms with Gasteiger partial charge in [0.25, 0.3) is 0 Å². The lowest BCUT2D eigenvalue weighted by atomic mass is 10.3. The Hall–Kier alpha value is -1.52. The van der Waals surface area contributed by atoms with E-state index >= 15 is 0 Å². The van der Waals surface area contributed by atoms with Crippen LogP contribution in [0.1, 0.15) is 12.6 Å². The van der Waals surface area contributed by atoms with E-state index in [9.17, 15) is 4.79 Å². The number of hydrogen-bond acceptors (Lipinski definition) is 4. The predicted octanol–water partition coefficient (Wildman–Crippen LogP) is 0.877. The number of H-pyrrole nitrogens is 1. The molecule has 0 radical (unpaired) electrons. The molecule has 1 aromatic rings. The third-order valence-corrected chi connectivity index (χ3v) is 3.31. The van der Waals surface area contributed by atoms with Gasteiger partial charge < -0.3 is 19.9 Å². The van der Waals surface area contributed by atoms with Crippen LogP contribution in [0.3, 0.4) is 0 Å². The predicted molar refractivity (Wildman–Crippen MR) is 94.4 cm³/mol. The van der Waals surface area contributed by atoms with Crippen molar-refractivity contribution in [2.75, 3.05) is 39.8 Å². The standard InChI is InChI=1S/C13H22N6O2.HI/c1-3-21-13(20)19-8-6-18(7-9-19)12(14-2)15-10-11-4-5-16-17-11;/h4-5H,3,6-10H2,1-2H3,(H,14,15)(H,16,17);1H. The second-order valence-corrected chi connectivity index (χ2v) is 4.66. The maximum absolute atomic E-state index is 11.7. The van der Waals surface area contributed by atoms with Crippen LogP contribution < -0.4 is 5.32 Å². The molecule has 0 bridgehead atoms. The normalized spacial score (nSPS) is 15.3. The first kappa shape index (κ1) is 18.5. The van der Waals surface area contributed by atoms with Crippen LogP contribution in [-0.4, -0.2) is 71.9 Å². The van der Waals surface area contributed by atoms with Crippen LogP contribution in [0.5, 0.6) is 0 Å². The fourth-order valence-corrected chi connectivity index (χ4v) is 2.21. The fourth-order valence-electron chi connectivity index (χ4n) is 2.21. The Morgan fingerprint density at radius 1 is 1.41 bits per heavy atom. The van der Waals surface area contributed by atoms with Crippen LogP contribution in [0.25, 0.3) is 0 Å². The van der Waals surface area contributed by atoms with Crippen LogP contribution in [0.15, 0.2) is 17.3 Å². The molecule has 0 atom stereocenters. The van der Waals surface area contributed by atoms with Crippen molar-refractivity contribution in [3.63, 3.8) is 0 Å². The van der Waals surface area contributed by atoms with Gasteiger partial charge in [-0.05, 0) is 13.0 Å². The van der Waals surface area contributed by atoms with Gasteiger partial charge in [-0.2, -0.15) is 5.10 Å². The number of carbonyl (C=O) groups is 1. The zero-order chi connectivity index (χ0) is 15.1. The number of hydrogen-bond donors (Lipinski definition) is 2. The van der Waals surface area contributed by atoms with E-state index in [0.717, 1.165) is 24.7 Å². The Bertz CT molecular complexity index is 471. The third kappa shape index (κ3) is 5.04. The van der Waals surface area contributed by atoms with E-state index in [1.54, 1.807) is 18.1 Å². The minimum absolute atomic E-state index is 0. The Morgan fingerprint density at radius 2 is 2.09 bits per heavy atom. The molecule has 1 aliphatic rings. The topological polar surface area (TPSA) is 85.8 Å². The molecular formula is C13H23IN6O2. The number of amides is 1. The number of aliphatic imine (C=N–C) groups is 1. The summed E-state index contributed by atoms with van der Waals surface area (Å²) < 4.78 is 5.01. The van der Waals surface area contributed by atoms with E-state index in [2.05, 4.69) is 25.4 Å². The highest BCUT2D eigenvalue weighted by atomic mass is 127. The molecule has 1 amide bonds. The average molecular weight is 422 g/mol. The van der Waals surface area contributed by atoms with Gasteiger partial charge in [0.05, 0.1) is 18.8 Å². The van der Waals surface area contributed by atoms with E-state index in [1.807, 2.05) is 13.0 Å². The number of piperazine rings is 1. The summed E-state index contributed by atoms with van der Waals surface area (Å²) in [6.45, 7) is 5.63. The summed E-state index contributed by atoms with van der Waals surface area (Å²) in [6.07, 6.45) is 1.48. The zero-order valence-corrected chi connectivity index (χ0v) is 15.2. The van der Waals surface area contributed by atoms with E-state index in [-0.39, 0.29) is 30.1 Å². The van der Waals surface area contributed by atoms with Crippen LogP contribution in [0.2, 0.25) is 0 Å². The Kier molecular flexibility index (Phi) is 7.99. The average Bonchev–Trinajstić information content (AvgIpc) is 3.02. The summed E-state index contributed by atoms with van der Waals surface area (Å²) in [6, 6.07) is 1.92. The summed E-state index contributed by atoms with van der Waals surface area (Å²) in [5.41, 5.74) is 1.00. The molecule has 1 aliphatic heterocycles. The molecule has 2 N–H and O–H groups in total. The molecule has 22 heavy (non-hydrogen) atoms. The molecule has 1 fully saturated rings. The quantitative estimate of drug-likeness (QED) is 0.429. The van der Waals surface area contributed by atoms with Gasteiger partial charge in [-0.25, -0.2) is 4.79 Å². The van der Waals surface area contributed by atoms with Gasteiger partial charge in [-0.3, -0.25) is 10.1 Å². The Morgan fingerprint density at radius 3 is 2.64 bits per heavy atom. The van der Waals surface area contributed by atoms with E-state index < -0.39 is 0 Å². The second kappa shape index (κ2) is 9.49. The molecule has 0 spiro atoms. The molecule has 0 unspecified atom stereocenters. The molecule has 8 nitrogen and oxygen atoms in total. The first-order valence-corrected chi connectivity index (χ1v) is 7.10. The fraction of sp³-hybridized carbons (Fsp3) is 0.615. The summed E-state index contributed by atoms with van der Waals surface area (Å²) in [4.78, 5) is 19.8. The van der Waals surface area contributed by atoms with Gasteiger partial charge in [0.1, 0.15) is 0 Å². The van der Waals surface area contributed by atoms with Crippen molar-refractivity contribution >= 4 is 36.0 Å². The van der Waals surface area contributed by atoms with Crippen LogP contribution in [0, 0.1) is 0 Å². The number of aromatic nitrogens is 2. The van der Waals surface area contributed by atoms with Gasteiger partial charge in [0.15, 0.2) is 5.96 Å². The summed E-state index contributed by atoms with van der Waals surface area (Å²) in [7, 11) is 1.76. The lowest BCUT2D eigenvalue weighted by Crippen LogP contribution is -2.53. The molecule has 1 aromatic heterocycles. The minimum Gasteiger partial charge on any atom is -0.450 e. The maximum atomic E-state index is 11.7. The maximum Gasteiger partial charge on any atom is 0.409 e. The molecule has 2 rings (SSSR count). The molecule has 9 heteroatoms. The zero-order valence-electron chi connectivity index (χ0n) is 12.9. The van der Waals surface area contributed by atoms with Gasteiger partial charge in [0, 0.05) is 39.4 Å². The van der Waals surface area contributed by atoms with Crippen LogP contribution in [-0.2, 0) is 11.3 Å². The first-order valence-electron chi connectivity index (χ1n) is 7.10. The number of nitrogens with zero attached hydrogens (tertiary/aromatic N) is 4. The first-order chi connectivity index (χ1) is 10.2. The largest absolute Gasteiger partial charge is 0.450 e. The van der Waals surface area contributed by atoms with E-state index in [1.165, 1.54) is 0 Å². The SMILES string of the molecule is CCOC(=O)N1CCN(C(=NC)NCc2ccn[nH]2)CC1.I. The van der Waals surface area contributed by atoms with Crippen molar-refractivity contribution in [1.29, 1.82) is 0 Å². The highest BCUT2D eigenvalue weighted by molar-refractivity contribution is 14.0. The number of nitrogens with one attached hydrogen (secondary N) is 2. The molecule has 0 saturated carbocycles. The van der Waals surface area contributed by atoms with E-state index in [0.29, 0.717) is 26.2 Å². The number of aromatic amines is 1. The highest BCUT2D eigenvalue weighted by Gasteiger charge is 2.23. The van der Waals surface area contributed by atoms with Gasteiger partial charge >= 0.3 is 6.09 Å². The van der Waals surface area contributed by atoms with Gasteiger partial charge in [0.2, 0.25) is 0 Å². The molecule has 2 heterocycles. The Balaban J connectivity index is 0.00000242. The van der Waals surface area contributed by atoms with Crippen molar-refractivity contribution in [3.8, 4) is 0 Å². The van der Waals surface area contributed by atoms with Gasteiger partial charge in [-0.15, -0.1) is 24.0 Å². The summed E-state index contributed by atoms with van der Waals surface area (Å²) in [5, 5.41) is 10.1. The van der Waals surface area contributed by atoms with Crippen LogP contribution >= 0.6 is 24.0 Å². The molecule has 0 aromatic carbocycles. The van der Waals surface area contributed by atoms with Crippen molar-refractivity contribution in [1.82, 2.24) is 25.3 Å². The highest BCUT2D eigenvalue weighted by Crippen LogP contribution is 2.04. The van der Waals surface area contributed by atoms with Crippen molar-refractivity contribution < 1.29 is 9.53 Å². The molecule has 0 aliphatic carbocycles. The number of halogens is 1. The van der Waals surface area contributed by atoms with Crippen LogP contribution in [0.4, 0.5) is 4.79 Å². The lowest BCUT2D eigenvalue weighted by molar-refractivity contribution is 0.0914. The number of ether oxygens (including phenoxy) is 1. The van der Waals surface area contributed by atoms with E-state index in [4.69, 9.17) is 4.74 Å². The lowest BCUT2D eigenvalue weighted by Gasteiger charge is -2.35. The molecular weight excluding hydrogens is 399 g/mol. The monoisotopic (exact) mass is 422 g/mol. The molecule has 124 valence electrons. The smallest absolute Gasteiger partial charge is 0.409 e. The number of carbonyl (C=O) groups excluding carboxylic acids is 1. The number of guanidine groups is 1. The summed E-state index contributed by atoms with van der Waals surface area (Å²) >= 11 is 0. The van der Waals surface area contributed by atoms with Crippen molar-refractivity contribution in [2.45, 2.75) is 13.5 Å². The molecule has 1 saturated heterocycles. The Labute approximate surface area is 147 Å². The van der Waals surface area contributed by atoms with Gasteiger partial charge in [-0.1, -0.05) is 0 Å².